The lowest BCUT2D eigenvalue weighted by molar-refractivity contribution is -0.136. The minimum Gasteiger partial charge on any atom is -0.317 e. The molecule has 20 heavy (non-hydrogen) atoms. The van der Waals surface area contributed by atoms with Crippen LogP contribution in [0, 0.1) is 13.8 Å². The van der Waals surface area contributed by atoms with Crippen LogP contribution >= 0.6 is 0 Å². The molecule has 0 aliphatic carbocycles. The Morgan fingerprint density at radius 3 is 2.35 bits per heavy atom. The van der Waals surface area contributed by atoms with Crippen LogP contribution in [0.2, 0.25) is 0 Å². The molecule has 1 aromatic rings. The molecular formula is C15H21N3O2. The summed E-state index contributed by atoms with van der Waals surface area (Å²) in [5.41, 5.74) is 5.68. The maximum atomic E-state index is 11.8. The summed E-state index contributed by atoms with van der Waals surface area (Å²) in [4.78, 5) is 23.4. The average molecular weight is 275 g/mol. The van der Waals surface area contributed by atoms with Crippen LogP contribution in [0.4, 0.5) is 5.69 Å². The third-order valence-electron chi connectivity index (χ3n) is 2.98. The average Bonchev–Trinajstić information content (AvgIpc) is 2.43. The first kappa shape index (κ1) is 15.9. The second-order valence-corrected chi connectivity index (χ2v) is 4.60. The molecule has 108 valence electrons. The summed E-state index contributed by atoms with van der Waals surface area (Å²) in [6.45, 7) is 7.70. The van der Waals surface area contributed by atoms with E-state index < -0.39 is 11.8 Å². The molecule has 2 N–H and O–H groups in total. The molecule has 0 aromatic heterocycles. The quantitative estimate of drug-likeness (QED) is 0.503. The summed E-state index contributed by atoms with van der Waals surface area (Å²) < 4.78 is 0. The fourth-order valence-corrected chi connectivity index (χ4v) is 1.64. The van der Waals surface area contributed by atoms with E-state index in [1.807, 2.05) is 45.9 Å². The van der Waals surface area contributed by atoms with Crippen LogP contribution in [0.5, 0.6) is 0 Å². The van der Waals surface area contributed by atoms with Gasteiger partial charge in [0.1, 0.15) is 0 Å². The van der Waals surface area contributed by atoms with E-state index >= 15 is 0 Å². The Morgan fingerprint density at radius 1 is 1.10 bits per heavy atom. The van der Waals surface area contributed by atoms with Gasteiger partial charge in [0.15, 0.2) is 0 Å². The van der Waals surface area contributed by atoms with Crippen LogP contribution in [0.1, 0.15) is 37.8 Å². The topological polar surface area (TPSA) is 70.6 Å². The zero-order valence-corrected chi connectivity index (χ0v) is 12.4. The van der Waals surface area contributed by atoms with Gasteiger partial charge in [-0.2, -0.15) is 5.10 Å². The number of hydrazone groups is 1. The van der Waals surface area contributed by atoms with Gasteiger partial charge in [-0.05, 0) is 43.9 Å². The smallest absolute Gasteiger partial charge is 0.317 e. The Bertz CT molecular complexity index is 530. The van der Waals surface area contributed by atoms with Crippen molar-refractivity contribution in [2.45, 2.75) is 40.5 Å². The number of nitrogens with one attached hydrogen (secondary N) is 2. The predicted octanol–water partition coefficient (Wildman–Crippen LogP) is 2.53. The number of carbonyl (C=O) groups excluding carboxylic acids is 2. The van der Waals surface area contributed by atoms with Gasteiger partial charge < -0.3 is 5.32 Å². The molecule has 0 unspecified atom stereocenters. The molecule has 1 rings (SSSR count). The lowest BCUT2D eigenvalue weighted by atomic mass is 10.1. The lowest BCUT2D eigenvalue weighted by Gasteiger charge is -2.08. The lowest BCUT2D eigenvalue weighted by Crippen LogP contribution is -2.33. The highest BCUT2D eigenvalue weighted by Crippen LogP contribution is 2.15. The van der Waals surface area contributed by atoms with Crippen molar-refractivity contribution in [3.8, 4) is 0 Å². The van der Waals surface area contributed by atoms with Crippen molar-refractivity contribution in [1.82, 2.24) is 5.43 Å². The Kier molecular flexibility index (Phi) is 5.90. The fraction of sp³-hybridized carbons (Fsp3) is 0.400. The van der Waals surface area contributed by atoms with Gasteiger partial charge in [0.05, 0.1) is 0 Å². The summed E-state index contributed by atoms with van der Waals surface area (Å²) in [5, 5.41) is 6.51. The van der Waals surface area contributed by atoms with Crippen molar-refractivity contribution in [2.75, 3.05) is 5.32 Å². The van der Waals surface area contributed by atoms with E-state index in [0.717, 1.165) is 29.7 Å². The van der Waals surface area contributed by atoms with Gasteiger partial charge in [-0.15, -0.1) is 0 Å². The number of benzene rings is 1. The Hall–Kier alpha value is -2.17. The zero-order chi connectivity index (χ0) is 15.1. The van der Waals surface area contributed by atoms with Gasteiger partial charge in [-0.25, -0.2) is 5.43 Å². The summed E-state index contributed by atoms with van der Waals surface area (Å²) in [6.07, 6.45) is 1.49. The molecule has 0 aliphatic rings. The highest BCUT2D eigenvalue weighted by atomic mass is 16.2. The standard InChI is InChI=1S/C15H21N3O2/c1-5-12(6-2)17-18-15(20)14(19)16-13-9-10(3)7-8-11(13)4/h7-9H,5-6H2,1-4H3,(H,16,19)(H,18,20). The monoisotopic (exact) mass is 275 g/mol. The van der Waals surface area contributed by atoms with Crippen LogP contribution in [0.3, 0.4) is 0 Å². The number of anilines is 1. The molecule has 1 aromatic carbocycles. The van der Waals surface area contributed by atoms with E-state index in [4.69, 9.17) is 0 Å². The maximum Gasteiger partial charge on any atom is 0.329 e. The summed E-state index contributed by atoms with van der Waals surface area (Å²) in [5.74, 6) is -1.47. The van der Waals surface area contributed by atoms with E-state index in [2.05, 4.69) is 15.8 Å². The van der Waals surface area contributed by atoms with Crippen molar-refractivity contribution in [2.24, 2.45) is 5.10 Å². The van der Waals surface area contributed by atoms with E-state index in [1.165, 1.54) is 0 Å². The highest BCUT2D eigenvalue weighted by Gasteiger charge is 2.14. The van der Waals surface area contributed by atoms with Crippen molar-refractivity contribution in [1.29, 1.82) is 0 Å². The molecule has 0 fully saturated rings. The van der Waals surface area contributed by atoms with Crippen molar-refractivity contribution >= 4 is 23.2 Å². The number of nitrogens with zero attached hydrogens (tertiary/aromatic N) is 1. The predicted molar refractivity (Wildman–Crippen MR) is 80.7 cm³/mol. The third kappa shape index (κ3) is 4.50. The molecule has 0 radical (unpaired) electrons. The largest absolute Gasteiger partial charge is 0.329 e. The molecule has 5 heteroatoms. The van der Waals surface area contributed by atoms with Gasteiger partial charge in [0, 0.05) is 11.4 Å². The Labute approximate surface area is 119 Å². The Balaban J connectivity index is 2.69. The van der Waals surface area contributed by atoms with Crippen LogP contribution < -0.4 is 10.7 Å². The van der Waals surface area contributed by atoms with Crippen molar-refractivity contribution < 1.29 is 9.59 Å². The van der Waals surface area contributed by atoms with Crippen LogP contribution in [0.25, 0.3) is 0 Å². The fourth-order valence-electron chi connectivity index (χ4n) is 1.64. The SMILES string of the molecule is CCC(CC)=NNC(=O)C(=O)Nc1cc(C)ccc1C. The van der Waals surface area contributed by atoms with Gasteiger partial charge in [-0.1, -0.05) is 26.0 Å². The summed E-state index contributed by atoms with van der Waals surface area (Å²) in [7, 11) is 0. The number of carbonyl (C=O) groups is 2. The molecule has 0 heterocycles. The van der Waals surface area contributed by atoms with Gasteiger partial charge >= 0.3 is 11.8 Å². The molecule has 0 aliphatic heterocycles. The molecule has 5 nitrogen and oxygen atoms in total. The molecule has 0 bridgehead atoms. The molecule has 0 saturated carbocycles. The summed E-state index contributed by atoms with van der Waals surface area (Å²) in [6, 6.07) is 5.67. The Morgan fingerprint density at radius 2 is 1.75 bits per heavy atom. The van der Waals surface area contributed by atoms with E-state index in [1.54, 1.807) is 0 Å². The number of hydrogen-bond acceptors (Lipinski definition) is 3. The van der Waals surface area contributed by atoms with E-state index in [9.17, 15) is 9.59 Å². The van der Waals surface area contributed by atoms with Crippen molar-refractivity contribution in [3.05, 3.63) is 29.3 Å². The zero-order valence-electron chi connectivity index (χ0n) is 12.4. The third-order valence-corrected chi connectivity index (χ3v) is 2.98. The second kappa shape index (κ2) is 7.43. The first-order valence-corrected chi connectivity index (χ1v) is 6.71. The van der Waals surface area contributed by atoms with E-state index in [0.29, 0.717) is 5.69 Å². The second-order valence-electron chi connectivity index (χ2n) is 4.60. The van der Waals surface area contributed by atoms with Crippen LogP contribution in [-0.2, 0) is 9.59 Å². The number of aryl methyl sites for hydroxylation is 2. The van der Waals surface area contributed by atoms with Gasteiger partial charge in [0.2, 0.25) is 0 Å². The molecule has 0 atom stereocenters. The van der Waals surface area contributed by atoms with E-state index in [-0.39, 0.29) is 0 Å². The maximum absolute atomic E-state index is 11.8. The van der Waals surface area contributed by atoms with Crippen LogP contribution in [-0.4, -0.2) is 17.5 Å². The normalized spacial score (nSPS) is 9.80. The number of hydrogen-bond donors (Lipinski definition) is 2. The first-order chi connectivity index (χ1) is 9.47. The van der Waals surface area contributed by atoms with Crippen molar-refractivity contribution in [3.63, 3.8) is 0 Å². The first-order valence-electron chi connectivity index (χ1n) is 6.71. The molecular weight excluding hydrogens is 254 g/mol. The minimum absolute atomic E-state index is 0.639. The van der Waals surface area contributed by atoms with Crippen LogP contribution in [0.15, 0.2) is 23.3 Å². The van der Waals surface area contributed by atoms with Gasteiger partial charge in [-0.3, -0.25) is 9.59 Å². The molecule has 2 amide bonds. The minimum atomic E-state index is -0.759. The molecule has 0 spiro atoms. The van der Waals surface area contributed by atoms with Gasteiger partial charge in [0.25, 0.3) is 0 Å². The highest BCUT2D eigenvalue weighted by molar-refractivity contribution is 6.39. The number of amides is 2. The summed E-state index contributed by atoms with van der Waals surface area (Å²) >= 11 is 0. The number of rotatable bonds is 4. The molecule has 0 saturated heterocycles.